The Morgan fingerprint density at radius 1 is 0.706 bits per heavy atom. The third-order valence-electron chi connectivity index (χ3n) is 4.42. The third-order valence-corrected chi connectivity index (χ3v) is 4.42. The molecular formula is C13H24O4. The Hall–Kier alpha value is -0.160. The van der Waals surface area contributed by atoms with E-state index in [0.717, 1.165) is 32.1 Å². The van der Waals surface area contributed by atoms with E-state index in [9.17, 15) is 20.4 Å². The van der Waals surface area contributed by atoms with Crippen molar-refractivity contribution in [2.75, 3.05) is 0 Å². The van der Waals surface area contributed by atoms with Gasteiger partial charge < -0.3 is 20.4 Å². The van der Waals surface area contributed by atoms with Crippen molar-refractivity contribution in [3.05, 3.63) is 0 Å². The second-order valence-corrected chi connectivity index (χ2v) is 5.87. The molecule has 0 aliphatic heterocycles. The highest BCUT2D eigenvalue weighted by atomic mass is 16.4. The van der Waals surface area contributed by atoms with Crippen LogP contribution in [0, 0.1) is 11.8 Å². The number of rotatable bonds is 2. The first kappa shape index (κ1) is 13.3. The summed E-state index contributed by atoms with van der Waals surface area (Å²) in [5.74, 6) is 0.918. The fourth-order valence-electron chi connectivity index (χ4n) is 3.36. The summed E-state index contributed by atoms with van der Waals surface area (Å²) in [7, 11) is 0. The van der Waals surface area contributed by atoms with Gasteiger partial charge in [-0.05, 0) is 56.8 Å². The summed E-state index contributed by atoms with van der Waals surface area (Å²) in [6.45, 7) is 0. The zero-order valence-electron chi connectivity index (χ0n) is 10.2. The van der Waals surface area contributed by atoms with E-state index in [2.05, 4.69) is 0 Å². The van der Waals surface area contributed by atoms with Crippen molar-refractivity contribution in [3.63, 3.8) is 0 Å². The Bertz CT molecular complexity index is 226. The van der Waals surface area contributed by atoms with Crippen LogP contribution in [0.2, 0.25) is 0 Å². The standard InChI is InChI=1S/C13H24O4/c14-10-3-1-8(2-4-10)5-9-6-11(15)13(17)12(16)7-9/h8-17H,1-7H2. The van der Waals surface area contributed by atoms with Crippen LogP contribution in [0.1, 0.15) is 44.9 Å². The first-order chi connectivity index (χ1) is 8.06. The van der Waals surface area contributed by atoms with E-state index < -0.39 is 18.3 Å². The van der Waals surface area contributed by atoms with Gasteiger partial charge in [0.05, 0.1) is 18.3 Å². The van der Waals surface area contributed by atoms with Gasteiger partial charge in [-0.3, -0.25) is 0 Å². The second kappa shape index (κ2) is 5.65. The van der Waals surface area contributed by atoms with Gasteiger partial charge in [-0.25, -0.2) is 0 Å². The highest BCUT2D eigenvalue weighted by Crippen LogP contribution is 2.35. The van der Waals surface area contributed by atoms with Gasteiger partial charge in [-0.15, -0.1) is 0 Å². The normalized spacial score (nSPS) is 48.0. The molecule has 4 heteroatoms. The van der Waals surface area contributed by atoms with E-state index >= 15 is 0 Å². The summed E-state index contributed by atoms with van der Waals surface area (Å²) >= 11 is 0. The largest absolute Gasteiger partial charge is 0.393 e. The van der Waals surface area contributed by atoms with Gasteiger partial charge in [0, 0.05) is 0 Å². The number of aliphatic hydroxyl groups is 4. The molecule has 0 heterocycles. The molecule has 0 spiro atoms. The van der Waals surface area contributed by atoms with Crippen LogP contribution in [0.4, 0.5) is 0 Å². The molecule has 0 amide bonds. The van der Waals surface area contributed by atoms with Crippen LogP contribution in [-0.4, -0.2) is 44.8 Å². The molecule has 0 bridgehead atoms. The fourth-order valence-corrected chi connectivity index (χ4v) is 3.36. The minimum Gasteiger partial charge on any atom is -0.393 e. The molecular weight excluding hydrogens is 220 g/mol. The zero-order valence-corrected chi connectivity index (χ0v) is 10.2. The first-order valence-corrected chi connectivity index (χ1v) is 6.78. The van der Waals surface area contributed by atoms with Gasteiger partial charge in [0.2, 0.25) is 0 Å². The summed E-state index contributed by atoms with van der Waals surface area (Å²) in [5, 5.41) is 38.2. The molecule has 0 aromatic heterocycles. The average molecular weight is 244 g/mol. The van der Waals surface area contributed by atoms with Crippen LogP contribution in [0.25, 0.3) is 0 Å². The van der Waals surface area contributed by atoms with Crippen LogP contribution in [0.3, 0.4) is 0 Å². The maximum absolute atomic E-state index is 9.64. The number of hydrogen-bond donors (Lipinski definition) is 4. The second-order valence-electron chi connectivity index (χ2n) is 5.87. The monoisotopic (exact) mass is 244 g/mol. The lowest BCUT2D eigenvalue weighted by molar-refractivity contribution is -0.103. The van der Waals surface area contributed by atoms with E-state index in [1.165, 1.54) is 0 Å². The number of aliphatic hydroxyl groups excluding tert-OH is 4. The van der Waals surface area contributed by atoms with E-state index in [4.69, 9.17) is 0 Å². The Labute approximate surface area is 102 Å². The van der Waals surface area contributed by atoms with Crippen LogP contribution >= 0.6 is 0 Å². The summed E-state index contributed by atoms with van der Waals surface area (Å²) in [6.07, 6.45) is 3.39. The molecule has 2 fully saturated rings. The Morgan fingerprint density at radius 2 is 1.24 bits per heavy atom. The van der Waals surface area contributed by atoms with Crippen LogP contribution in [0.5, 0.6) is 0 Å². The molecule has 0 aromatic rings. The predicted molar refractivity (Wildman–Crippen MR) is 63.3 cm³/mol. The lowest BCUT2D eigenvalue weighted by Gasteiger charge is -2.36. The molecule has 17 heavy (non-hydrogen) atoms. The Kier molecular flexibility index (Phi) is 4.42. The quantitative estimate of drug-likeness (QED) is 0.567. The maximum atomic E-state index is 9.64. The van der Waals surface area contributed by atoms with Gasteiger partial charge >= 0.3 is 0 Å². The van der Waals surface area contributed by atoms with Gasteiger partial charge in [0.15, 0.2) is 0 Å². The molecule has 0 aromatic carbocycles. The van der Waals surface area contributed by atoms with E-state index in [-0.39, 0.29) is 6.10 Å². The molecule has 100 valence electrons. The van der Waals surface area contributed by atoms with E-state index in [0.29, 0.717) is 24.7 Å². The SMILES string of the molecule is OC1CCC(CC2CC(O)C(O)C(O)C2)CC1. The molecule has 2 saturated carbocycles. The highest BCUT2D eigenvalue weighted by Gasteiger charge is 2.35. The molecule has 2 unspecified atom stereocenters. The summed E-state index contributed by atoms with van der Waals surface area (Å²) < 4.78 is 0. The topological polar surface area (TPSA) is 80.9 Å². The highest BCUT2D eigenvalue weighted by molar-refractivity contribution is 4.87. The Morgan fingerprint density at radius 3 is 1.76 bits per heavy atom. The maximum Gasteiger partial charge on any atom is 0.106 e. The molecule has 2 atom stereocenters. The van der Waals surface area contributed by atoms with Crippen molar-refractivity contribution in [1.82, 2.24) is 0 Å². The van der Waals surface area contributed by atoms with Crippen molar-refractivity contribution in [3.8, 4) is 0 Å². The average Bonchev–Trinajstić information content (AvgIpc) is 2.29. The van der Waals surface area contributed by atoms with Crippen LogP contribution in [-0.2, 0) is 0 Å². The number of hydrogen-bond acceptors (Lipinski definition) is 4. The van der Waals surface area contributed by atoms with Gasteiger partial charge in [0.1, 0.15) is 6.10 Å². The minimum absolute atomic E-state index is 0.129. The molecule has 2 aliphatic carbocycles. The summed E-state index contributed by atoms with van der Waals surface area (Å²) in [6, 6.07) is 0. The lowest BCUT2D eigenvalue weighted by Crippen LogP contribution is -2.44. The van der Waals surface area contributed by atoms with Crippen molar-refractivity contribution in [2.24, 2.45) is 11.8 Å². The summed E-state index contributed by atoms with van der Waals surface area (Å²) in [4.78, 5) is 0. The summed E-state index contributed by atoms with van der Waals surface area (Å²) in [5.41, 5.74) is 0. The predicted octanol–water partition coefficient (Wildman–Crippen LogP) is 0.420. The first-order valence-electron chi connectivity index (χ1n) is 6.78. The fraction of sp³-hybridized carbons (Fsp3) is 1.00. The zero-order chi connectivity index (χ0) is 12.4. The molecule has 0 radical (unpaired) electrons. The van der Waals surface area contributed by atoms with Gasteiger partial charge in [-0.2, -0.15) is 0 Å². The van der Waals surface area contributed by atoms with E-state index in [1.54, 1.807) is 0 Å². The minimum atomic E-state index is -0.973. The van der Waals surface area contributed by atoms with Gasteiger partial charge in [-0.1, -0.05) is 0 Å². The molecule has 4 nitrogen and oxygen atoms in total. The van der Waals surface area contributed by atoms with Crippen LogP contribution < -0.4 is 0 Å². The lowest BCUT2D eigenvalue weighted by atomic mass is 9.75. The molecule has 2 aliphatic rings. The molecule has 4 N–H and O–H groups in total. The third kappa shape index (κ3) is 3.41. The smallest absolute Gasteiger partial charge is 0.106 e. The van der Waals surface area contributed by atoms with Crippen molar-refractivity contribution >= 4 is 0 Å². The van der Waals surface area contributed by atoms with E-state index in [1.807, 2.05) is 0 Å². The molecule has 0 saturated heterocycles. The van der Waals surface area contributed by atoms with Crippen molar-refractivity contribution in [1.29, 1.82) is 0 Å². The van der Waals surface area contributed by atoms with Crippen molar-refractivity contribution < 1.29 is 20.4 Å². The molecule has 2 rings (SSSR count). The van der Waals surface area contributed by atoms with Crippen molar-refractivity contribution in [2.45, 2.75) is 69.4 Å². The van der Waals surface area contributed by atoms with Gasteiger partial charge in [0.25, 0.3) is 0 Å². The Balaban J connectivity index is 1.79. The van der Waals surface area contributed by atoms with Crippen LogP contribution in [0.15, 0.2) is 0 Å².